The van der Waals surface area contributed by atoms with Gasteiger partial charge in [-0.05, 0) is 47.7 Å². The Balaban J connectivity index is 2.44. The molecule has 0 spiro atoms. The Hall–Kier alpha value is -1.87. The number of benzene rings is 2. The third kappa shape index (κ3) is 3.86. The average molecular weight is 302 g/mol. The maximum absolute atomic E-state index is 14.2. The van der Waals surface area contributed by atoms with Crippen molar-refractivity contribution >= 4 is 0 Å². The number of halogens is 1. The summed E-state index contributed by atoms with van der Waals surface area (Å²) in [6.45, 7) is 2.16. The van der Waals surface area contributed by atoms with E-state index >= 15 is 0 Å². The fraction of sp³-hybridized carbons (Fsp3) is 0.368. The minimum absolute atomic E-state index is 0.00164. The van der Waals surface area contributed by atoms with Gasteiger partial charge in [0.05, 0.1) is 13.7 Å². The summed E-state index contributed by atoms with van der Waals surface area (Å²) in [4.78, 5) is 0. The SMILES string of the molecule is CCCCCc1cc(CO)ccc1-c1cc(OC)ccc1F. The third-order valence-electron chi connectivity index (χ3n) is 3.87. The van der Waals surface area contributed by atoms with E-state index in [1.54, 1.807) is 19.2 Å². The van der Waals surface area contributed by atoms with Crippen LogP contribution in [0.5, 0.6) is 5.75 Å². The average Bonchev–Trinajstić information content (AvgIpc) is 2.55. The third-order valence-corrected chi connectivity index (χ3v) is 3.87. The van der Waals surface area contributed by atoms with E-state index in [1.807, 2.05) is 18.2 Å². The normalized spacial score (nSPS) is 10.7. The van der Waals surface area contributed by atoms with Crippen molar-refractivity contribution in [1.82, 2.24) is 0 Å². The predicted molar refractivity (Wildman–Crippen MR) is 87.5 cm³/mol. The van der Waals surface area contributed by atoms with Gasteiger partial charge in [-0.1, -0.05) is 38.0 Å². The minimum atomic E-state index is -0.255. The summed E-state index contributed by atoms with van der Waals surface area (Å²) in [5.74, 6) is 0.386. The zero-order valence-corrected chi connectivity index (χ0v) is 13.2. The quantitative estimate of drug-likeness (QED) is 0.749. The van der Waals surface area contributed by atoms with Crippen LogP contribution in [-0.2, 0) is 13.0 Å². The molecule has 0 aromatic heterocycles. The van der Waals surface area contributed by atoms with Crippen molar-refractivity contribution in [3.63, 3.8) is 0 Å². The molecule has 2 aromatic carbocycles. The second kappa shape index (κ2) is 7.95. The standard InChI is InChI=1S/C19H23FO2/c1-3-4-5-6-15-11-14(13-21)7-9-17(15)18-12-16(22-2)8-10-19(18)20/h7-12,21H,3-6,13H2,1-2H3. The van der Waals surface area contributed by atoms with Crippen LogP contribution in [0.4, 0.5) is 4.39 Å². The Morgan fingerprint density at radius 1 is 1.05 bits per heavy atom. The van der Waals surface area contributed by atoms with Crippen molar-refractivity contribution in [1.29, 1.82) is 0 Å². The second-order valence-corrected chi connectivity index (χ2v) is 5.45. The molecule has 0 saturated carbocycles. The molecule has 3 heteroatoms. The number of aryl methyl sites for hydroxylation is 1. The topological polar surface area (TPSA) is 29.5 Å². The molecule has 0 heterocycles. The molecule has 2 rings (SSSR count). The summed E-state index contributed by atoms with van der Waals surface area (Å²) in [6, 6.07) is 10.5. The first-order valence-electron chi connectivity index (χ1n) is 7.76. The first-order valence-corrected chi connectivity index (χ1v) is 7.76. The van der Waals surface area contributed by atoms with Gasteiger partial charge in [-0.3, -0.25) is 0 Å². The van der Waals surface area contributed by atoms with E-state index in [1.165, 1.54) is 6.07 Å². The van der Waals surface area contributed by atoms with Crippen molar-refractivity contribution in [3.8, 4) is 16.9 Å². The van der Waals surface area contributed by atoms with Crippen molar-refractivity contribution in [2.24, 2.45) is 0 Å². The summed E-state index contributed by atoms with van der Waals surface area (Å²) in [7, 11) is 1.58. The number of hydrogen-bond acceptors (Lipinski definition) is 2. The fourth-order valence-corrected chi connectivity index (χ4v) is 2.62. The fourth-order valence-electron chi connectivity index (χ4n) is 2.62. The molecule has 0 aliphatic carbocycles. The largest absolute Gasteiger partial charge is 0.497 e. The lowest BCUT2D eigenvalue weighted by Gasteiger charge is -2.13. The number of hydrogen-bond donors (Lipinski definition) is 1. The van der Waals surface area contributed by atoms with E-state index in [4.69, 9.17) is 4.74 Å². The van der Waals surface area contributed by atoms with Gasteiger partial charge < -0.3 is 9.84 Å². The van der Waals surface area contributed by atoms with E-state index < -0.39 is 0 Å². The number of ether oxygens (including phenoxy) is 1. The number of methoxy groups -OCH3 is 1. The van der Waals surface area contributed by atoms with Crippen LogP contribution in [0.1, 0.15) is 37.3 Å². The first-order chi connectivity index (χ1) is 10.7. The van der Waals surface area contributed by atoms with Crippen LogP contribution in [0.2, 0.25) is 0 Å². The first kappa shape index (κ1) is 16.5. The molecule has 0 saturated heterocycles. The molecule has 0 fully saturated rings. The van der Waals surface area contributed by atoms with Crippen LogP contribution in [0.25, 0.3) is 11.1 Å². The number of rotatable bonds is 7. The van der Waals surface area contributed by atoms with Crippen LogP contribution >= 0.6 is 0 Å². The van der Waals surface area contributed by atoms with Gasteiger partial charge in [0.1, 0.15) is 11.6 Å². The number of aliphatic hydroxyl groups excluding tert-OH is 1. The lowest BCUT2D eigenvalue weighted by Crippen LogP contribution is -1.96. The van der Waals surface area contributed by atoms with Crippen molar-refractivity contribution in [2.75, 3.05) is 7.11 Å². The van der Waals surface area contributed by atoms with E-state index in [0.717, 1.165) is 42.4 Å². The van der Waals surface area contributed by atoms with Gasteiger partial charge in [0.25, 0.3) is 0 Å². The molecular weight excluding hydrogens is 279 g/mol. The van der Waals surface area contributed by atoms with Crippen molar-refractivity contribution < 1.29 is 14.2 Å². The second-order valence-electron chi connectivity index (χ2n) is 5.45. The Labute approximate surface area is 131 Å². The zero-order chi connectivity index (χ0) is 15.9. The lowest BCUT2D eigenvalue weighted by atomic mass is 9.93. The number of aliphatic hydroxyl groups is 1. The van der Waals surface area contributed by atoms with Gasteiger partial charge in [0.2, 0.25) is 0 Å². The van der Waals surface area contributed by atoms with E-state index in [2.05, 4.69) is 6.92 Å². The Morgan fingerprint density at radius 2 is 1.86 bits per heavy atom. The summed E-state index contributed by atoms with van der Waals surface area (Å²) in [5, 5.41) is 9.34. The van der Waals surface area contributed by atoms with Crippen LogP contribution in [-0.4, -0.2) is 12.2 Å². The molecular formula is C19H23FO2. The molecule has 0 aliphatic rings. The maximum Gasteiger partial charge on any atom is 0.131 e. The minimum Gasteiger partial charge on any atom is -0.497 e. The summed E-state index contributed by atoms with van der Waals surface area (Å²) in [6.07, 6.45) is 4.23. The van der Waals surface area contributed by atoms with Crippen LogP contribution in [0, 0.1) is 5.82 Å². The monoisotopic (exact) mass is 302 g/mol. The lowest BCUT2D eigenvalue weighted by molar-refractivity contribution is 0.281. The molecule has 0 amide bonds. The molecule has 0 aliphatic heterocycles. The molecule has 1 N–H and O–H groups in total. The van der Waals surface area contributed by atoms with Crippen LogP contribution in [0.3, 0.4) is 0 Å². The molecule has 0 bridgehead atoms. The highest BCUT2D eigenvalue weighted by atomic mass is 19.1. The summed E-state index contributed by atoms with van der Waals surface area (Å²) in [5.41, 5.74) is 3.37. The van der Waals surface area contributed by atoms with Gasteiger partial charge in [0.15, 0.2) is 0 Å². The molecule has 118 valence electrons. The molecule has 2 aromatic rings. The van der Waals surface area contributed by atoms with Crippen LogP contribution in [0.15, 0.2) is 36.4 Å². The van der Waals surface area contributed by atoms with Gasteiger partial charge in [-0.25, -0.2) is 4.39 Å². The highest BCUT2D eigenvalue weighted by Crippen LogP contribution is 2.31. The molecule has 0 unspecified atom stereocenters. The highest BCUT2D eigenvalue weighted by Gasteiger charge is 2.12. The van der Waals surface area contributed by atoms with Gasteiger partial charge in [0, 0.05) is 5.56 Å². The Kier molecular flexibility index (Phi) is 5.96. The van der Waals surface area contributed by atoms with Gasteiger partial charge >= 0.3 is 0 Å². The molecule has 2 nitrogen and oxygen atoms in total. The predicted octanol–water partition coefficient (Wildman–Crippen LogP) is 4.73. The summed E-state index contributed by atoms with van der Waals surface area (Å²) < 4.78 is 19.4. The number of unbranched alkanes of at least 4 members (excludes halogenated alkanes) is 2. The smallest absolute Gasteiger partial charge is 0.131 e. The molecule has 0 radical (unpaired) electrons. The maximum atomic E-state index is 14.2. The van der Waals surface area contributed by atoms with E-state index in [9.17, 15) is 9.50 Å². The molecule has 0 atom stereocenters. The van der Waals surface area contributed by atoms with Crippen LogP contribution < -0.4 is 4.74 Å². The Morgan fingerprint density at radius 3 is 2.55 bits per heavy atom. The van der Waals surface area contributed by atoms with Gasteiger partial charge in [-0.15, -0.1) is 0 Å². The van der Waals surface area contributed by atoms with Gasteiger partial charge in [-0.2, -0.15) is 0 Å². The highest BCUT2D eigenvalue weighted by molar-refractivity contribution is 5.70. The van der Waals surface area contributed by atoms with E-state index in [-0.39, 0.29) is 12.4 Å². The summed E-state index contributed by atoms with van der Waals surface area (Å²) >= 11 is 0. The zero-order valence-electron chi connectivity index (χ0n) is 13.2. The van der Waals surface area contributed by atoms with Crippen molar-refractivity contribution in [3.05, 3.63) is 53.3 Å². The van der Waals surface area contributed by atoms with E-state index in [0.29, 0.717) is 11.3 Å². The molecule has 22 heavy (non-hydrogen) atoms. The van der Waals surface area contributed by atoms with Crippen molar-refractivity contribution in [2.45, 2.75) is 39.2 Å². The Bertz CT molecular complexity index is 623.